The largest absolute Gasteiger partial charge is 0.488 e. The van der Waals surface area contributed by atoms with Gasteiger partial charge in [0.25, 0.3) is 0 Å². The van der Waals surface area contributed by atoms with Crippen molar-refractivity contribution in [2.45, 2.75) is 11.5 Å². The first-order chi connectivity index (χ1) is 16.2. The average molecular weight is 474 g/mol. The minimum atomic E-state index is -0.412. The van der Waals surface area contributed by atoms with E-state index in [2.05, 4.69) is 53.7 Å². The van der Waals surface area contributed by atoms with Crippen LogP contribution in [0.2, 0.25) is 0 Å². The van der Waals surface area contributed by atoms with Gasteiger partial charge in [-0.25, -0.2) is 4.79 Å². The molecule has 3 aromatic carbocycles. The first-order valence-corrected chi connectivity index (χ1v) is 12.4. The Balaban J connectivity index is 1.64. The van der Waals surface area contributed by atoms with Crippen LogP contribution in [0.5, 0.6) is 5.75 Å². The molecule has 0 spiro atoms. The Hall–Kier alpha value is -3.35. The number of thiophene rings is 1. The molecule has 0 aliphatic heterocycles. The second-order valence-corrected chi connectivity index (χ2v) is 8.96. The molecule has 0 amide bonds. The highest BCUT2D eigenvalue weighted by Crippen LogP contribution is 2.42. The van der Waals surface area contributed by atoms with Crippen molar-refractivity contribution in [2.24, 2.45) is 4.99 Å². The first-order valence-electron chi connectivity index (χ1n) is 10.3. The van der Waals surface area contributed by atoms with Gasteiger partial charge in [-0.15, -0.1) is 23.1 Å². The van der Waals surface area contributed by atoms with Crippen LogP contribution >= 0.6 is 23.1 Å². The van der Waals surface area contributed by atoms with E-state index in [-0.39, 0.29) is 6.73 Å². The molecule has 0 bridgehead atoms. The lowest BCUT2D eigenvalue weighted by Gasteiger charge is -2.14. The molecule has 0 aliphatic carbocycles. The summed E-state index contributed by atoms with van der Waals surface area (Å²) in [6.07, 6.45) is 2.07. The molecule has 166 valence electrons. The van der Waals surface area contributed by atoms with Crippen molar-refractivity contribution < 1.29 is 14.3 Å². The van der Waals surface area contributed by atoms with E-state index in [4.69, 9.17) is 9.47 Å². The number of benzene rings is 3. The third-order valence-corrected chi connectivity index (χ3v) is 6.74. The maximum Gasteiger partial charge on any atom is 0.339 e. The van der Waals surface area contributed by atoms with Gasteiger partial charge in [0.05, 0.1) is 5.56 Å². The maximum absolute atomic E-state index is 12.1. The van der Waals surface area contributed by atoms with Gasteiger partial charge in [0.2, 0.25) is 0 Å². The number of hydrogen-bond acceptors (Lipinski definition) is 6. The molecular formula is C27H23NO3S2. The summed E-state index contributed by atoms with van der Waals surface area (Å²) in [7, 11) is 0. The molecule has 0 aliphatic rings. The van der Waals surface area contributed by atoms with Gasteiger partial charge in [-0.1, -0.05) is 42.5 Å². The molecule has 0 fully saturated rings. The number of hydrogen-bond donors (Lipinski definition) is 0. The highest BCUT2D eigenvalue weighted by atomic mass is 32.2. The number of esters is 1. The molecule has 0 N–H and O–H groups in total. The van der Waals surface area contributed by atoms with Gasteiger partial charge in [0.1, 0.15) is 12.4 Å². The van der Waals surface area contributed by atoms with Gasteiger partial charge >= 0.3 is 5.97 Å². The van der Waals surface area contributed by atoms with Crippen LogP contribution in [0.1, 0.15) is 15.9 Å². The number of carbonyl (C=O) groups is 1. The third kappa shape index (κ3) is 5.53. The molecule has 4 nitrogen and oxygen atoms in total. The fraction of sp³-hybridized carbons (Fsp3) is 0.111. The SMILES string of the molecule is C=NCOC(=O)c1ccc(-c2sccc2-c2cc(SC)ccc2OCc2ccccc2)cc1. The number of aliphatic imine (C=N–C) groups is 1. The van der Waals surface area contributed by atoms with Crippen LogP contribution in [0, 0.1) is 0 Å². The molecule has 1 heterocycles. The molecule has 0 saturated heterocycles. The molecule has 4 aromatic rings. The Kier molecular flexibility index (Phi) is 7.60. The van der Waals surface area contributed by atoms with Crippen LogP contribution in [-0.4, -0.2) is 25.7 Å². The molecule has 4 rings (SSSR count). The summed E-state index contributed by atoms with van der Waals surface area (Å²) >= 11 is 3.36. The summed E-state index contributed by atoms with van der Waals surface area (Å²) < 4.78 is 11.3. The van der Waals surface area contributed by atoms with E-state index in [1.165, 1.54) is 4.90 Å². The fourth-order valence-corrected chi connectivity index (χ4v) is 4.76. The van der Waals surface area contributed by atoms with Crippen molar-refractivity contribution in [3.8, 4) is 27.3 Å². The van der Waals surface area contributed by atoms with Gasteiger partial charge < -0.3 is 9.47 Å². The van der Waals surface area contributed by atoms with E-state index in [1.54, 1.807) is 35.2 Å². The van der Waals surface area contributed by atoms with Crippen LogP contribution < -0.4 is 4.74 Å². The zero-order valence-electron chi connectivity index (χ0n) is 18.2. The summed E-state index contributed by atoms with van der Waals surface area (Å²) in [5.74, 6) is 0.429. The zero-order chi connectivity index (χ0) is 23.0. The second kappa shape index (κ2) is 11.0. The van der Waals surface area contributed by atoms with Crippen molar-refractivity contribution in [1.29, 1.82) is 0 Å². The van der Waals surface area contributed by atoms with Crippen LogP contribution in [0.4, 0.5) is 0 Å². The molecule has 1 aromatic heterocycles. The lowest BCUT2D eigenvalue weighted by atomic mass is 10.0. The standard InChI is InChI=1S/C27H23NO3S2/c1-28-18-31-27(29)21-10-8-20(9-11-21)26-23(14-15-33-26)24-16-22(32-2)12-13-25(24)30-17-19-6-4-3-5-7-19/h3-16H,1,17-18H2,2H3. The summed E-state index contributed by atoms with van der Waals surface area (Å²) in [6.45, 7) is 3.78. The monoisotopic (exact) mass is 473 g/mol. The number of ether oxygens (including phenoxy) is 2. The average Bonchev–Trinajstić information content (AvgIpc) is 3.36. The normalized spacial score (nSPS) is 10.6. The highest BCUT2D eigenvalue weighted by Gasteiger charge is 2.16. The fourth-order valence-electron chi connectivity index (χ4n) is 3.40. The van der Waals surface area contributed by atoms with Crippen molar-refractivity contribution in [2.75, 3.05) is 13.0 Å². The van der Waals surface area contributed by atoms with Crippen molar-refractivity contribution >= 4 is 35.8 Å². The smallest absolute Gasteiger partial charge is 0.339 e. The Morgan fingerprint density at radius 2 is 1.79 bits per heavy atom. The van der Waals surface area contributed by atoms with Gasteiger partial charge in [0, 0.05) is 20.9 Å². The number of thioether (sulfide) groups is 1. The summed E-state index contributed by atoms with van der Waals surface area (Å²) in [5.41, 5.74) is 4.79. The minimum absolute atomic E-state index is 0.0484. The van der Waals surface area contributed by atoms with E-state index in [0.29, 0.717) is 12.2 Å². The van der Waals surface area contributed by atoms with E-state index >= 15 is 0 Å². The Morgan fingerprint density at radius 3 is 2.52 bits per heavy atom. The summed E-state index contributed by atoms with van der Waals surface area (Å²) in [5, 5.41) is 2.08. The minimum Gasteiger partial charge on any atom is -0.488 e. The van der Waals surface area contributed by atoms with Gasteiger partial charge in [0.15, 0.2) is 6.73 Å². The maximum atomic E-state index is 12.1. The molecule has 33 heavy (non-hydrogen) atoms. The van der Waals surface area contributed by atoms with Crippen LogP contribution in [0.15, 0.2) is 94.1 Å². The van der Waals surface area contributed by atoms with Gasteiger partial charge in [-0.2, -0.15) is 0 Å². The third-order valence-electron chi connectivity index (χ3n) is 5.05. The van der Waals surface area contributed by atoms with Gasteiger partial charge in [-0.05, 0) is 65.9 Å². The Morgan fingerprint density at radius 1 is 1.00 bits per heavy atom. The van der Waals surface area contributed by atoms with E-state index in [9.17, 15) is 4.79 Å². The zero-order valence-corrected chi connectivity index (χ0v) is 19.8. The summed E-state index contributed by atoms with van der Waals surface area (Å²) in [4.78, 5) is 17.9. The number of nitrogens with zero attached hydrogens (tertiary/aromatic N) is 1. The molecule has 0 saturated carbocycles. The predicted octanol–water partition coefficient (Wildman–Crippen LogP) is 7.20. The van der Waals surface area contributed by atoms with Crippen LogP contribution in [0.25, 0.3) is 21.6 Å². The Labute approximate surface area is 201 Å². The van der Waals surface area contributed by atoms with Gasteiger partial charge in [-0.3, -0.25) is 4.99 Å². The predicted molar refractivity (Wildman–Crippen MR) is 138 cm³/mol. The van der Waals surface area contributed by atoms with E-state index in [1.807, 2.05) is 36.4 Å². The second-order valence-electron chi connectivity index (χ2n) is 7.16. The lowest BCUT2D eigenvalue weighted by Crippen LogP contribution is -2.04. The van der Waals surface area contributed by atoms with Crippen molar-refractivity contribution in [1.82, 2.24) is 0 Å². The molecular weight excluding hydrogens is 450 g/mol. The molecule has 6 heteroatoms. The van der Waals surface area contributed by atoms with Crippen LogP contribution in [-0.2, 0) is 11.3 Å². The Bertz CT molecular complexity index is 1230. The highest BCUT2D eigenvalue weighted by molar-refractivity contribution is 7.98. The number of carbonyl (C=O) groups excluding carboxylic acids is 1. The number of rotatable bonds is 9. The molecule has 0 unspecified atom stereocenters. The molecule has 0 atom stereocenters. The topological polar surface area (TPSA) is 47.9 Å². The van der Waals surface area contributed by atoms with E-state index in [0.717, 1.165) is 32.9 Å². The molecule has 0 radical (unpaired) electrons. The van der Waals surface area contributed by atoms with Crippen molar-refractivity contribution in [3.05, 3.63) is 95.4 Å². The first kappa shape index (κ1) is 22.8. The quantitative estimate of drug-likeness (QED) is 0.147. The summed E-state index contributed by atoms with van der Waals surface area (Å²) in [6, 6.07) is 26.0. The van der Waals surface area contributed by atoms with Crippen molar-refractivity contribution in [3.63, 3.8) is 0 Å². The van der Waals surface area contributed by atoms with E-state index < -0.39 is 5.97 Å². The lowest BCUT2D eigenvalue weighted by molar-refractivity contribution is 0.0518. The van der Waals surface area contributed by atoms with Crippen LogP contribution in [0.3, 0.4) is 0 Å².